The van der Waals surface area contributed by atoms with Crippen molar-refractivity contribution < 1.29 is 13.9 Å². The van der Waals surface area contributed by atoms with Crippen LogP contribution in [-0.4, -0.2) is 17.1 Å². The molecular weight excluding hydrogens is 174 g/mol. The van der Waals surface area contributed by atoms with Crippen LogP contribution in [0.25, 0.3) is 0 Å². The molecule has 1 nitrogen and oxygen atoms in total. The molecule has 2 aliphatic rings. The first kappa shape index (κ1) is 9.38. The molecule has 0 saturated heterocycles. The normalized spacial score (nSPS) is 42.2. The maximum atomic E-state index is 12.5. The summed E-state index contributed by atoms with van der Waals surface area (Å²) in [6.45, 7) is 0. The number of alkyl halides is 2. The summed E-state index contributed by atoms with van der Waals surface area (Å²) in [5.74, 6) is -2.44. The zero-order valence-electron chi connectivity index (χ0n) is 7.68. The Kier molecular flexibility index (Phi) is 2.30. The van der Waals surface area contributed by atoms with Crippen LogP contribution in [-0.2, 0) is 0 Å². The van der Waals surface area contributed by atoms with Gasteiger partial charge in [-0.05, 0) is 31.6 Å². The van der Waals surface area contributed by atoms with Crippen LogP contribution in [0.4, 0.5) is 8.78 Å². The standard InChI is InChI=1S/C10H16F2O/c11-10(12)6-8(10)5-4-7-2-1-3-9(7)13/h7-9,13H,1-6H2/t7-,8?,9+/m0/s1. The van der Waals surface area contributed by atoms with E-state index in [1.165, 1.54) is 0 Å². The molecule has 0 heterocycles. The highest BCUT2D eigenvalue weighted by molar-refractivity contribution is 4.95. The van der Waals surface area contributed by atoms with Gasteiger partial charge < -0.3 is 5.11 Å². The average Bonchev–Trinajstić information content (AvgIpc) is 2.47. The van der Waals surface area contributed by atoms with Gasteiger partial charge in [0.1, 0.15) is 0 Å². The number of rotatable bonds is 3. The smallest absolute Gasteiger partial charge is 0.251 e. The van der Waals surface area contributed by atoms with Crippen molar-refractivity contribution in [1.29, 1.82) is 0 Å². The summed E-state index contributed by atoms with van der Waals surface area (Å²) in [5, 5.41) is 9.46. The van der Waals surface area contributed by atoms with Gasteiger partial charge in [0.15, 0.2) is 0 Å². The molecule has 2 aliphatic carbocycles. The molecule has 3 atom stereocenters. The minimum Gasteiger partial charge on any atom is -0.393 e. The molecule has 1 N–H and O–H groups in total. The third-order valence-electron chi connectivity index (χ3n) is 3.46. The lowest BCUT2D eigenvalue weighted by Crippen LogP contribution is -2.13. The minimum atomic E-state index is -2.37. The fourth-order valence-electron chi connectivity index (χ4n) is 2.35. The van der Waals surface area contributed by atoms with E-state index < -0.39 is 5.92 Å². The predicted octanol–water partition coefficient (Wildman–Crippen LogP) is 2.58. The summed E-state index contributed by atoms with van der Waals surface area (Å²) < 4.78 is 25.0. The van der Waals surface area contributed by atoms with Gasteiger partial charge in [0.05, 0.1) is 6.10 Å². The van der Waals surface area contributed by atoms with Crippen molar-refractivity contribution in [2.75, 3.05) is 0 Å². The van der Waals surface area contributed by atoms with Crippen molar-refractivity contribution in [1.82, 2.24) is 0 Å². The highest BCUT2D eigenvalue weighted by Crippen LogP contribution is 2.52. The summed E-state index contributed by atoms with van der Waals surface area (Å²) >= 11 is 0. The molecular formula is C10H16F2O. The van der Waals surface area contributed by atoms with Crippen LogP contribution in [0.15, 0.2) is 0 Å². The summed E-state index contributed by atoms with van der Waals surface area (Å²) in [6.07, 6.45) is 4.22. The number of hydrogen-bond donors (Lipinski definition) is 1. The minimum absolute atomic E-state index is 0.0792. The Morgan fingerprint density at radius 2 is 1.92 bits per heavy atom. The fourth-order valence-corrected chi connectivity index (χ4v) is 2.35. The molecule has 2 saturated carbocycles. The van der Waals surface area contributed by atoms with Gasteiger partial charge in [-0.2, -0.15) is 0 Å². The molecule has 0 amide bonds. The first-order chi connectivity index (χ1) is 6.09. The van der Waals surface area contributed by atoms with Gasteiger partial charge in [-0.15, -0.1) is 0 Å². The van der Waals surface area contributed by atoms with E-state index >= 15 is 0 Å². The Labute approximate surface area is 77.1 Å². The van der Waals surface area contributed by atoms with Crippen LogP contribution in [0.2, 0.25) is 0 Å². The van der Waals surface area contributed by atoms with E-state index in [9.17, 15) is 13.9 Å². The van der Waals surface area contributed by atoms with Gasteiger partial charge >= 0.3 is 0 Å². The third kappa shape index (κ3) is 2.01. The highest BCUT2D eigenvalue weighted by atomic mass is 19.3. The molecule has 0 aromatic carbocycles. The van der Waals surface area contributed by atoms with Gasteiger partial charge in [0, 0.05) is 12.3 Å². The van der Waals surface area contributed by atoms with Crippen LogP contribution >= 0.6 is 0 Å². The van der Waals surface area contributed by atoms with Crippen molar-refractivity contribution in [2.45, 2.75) is 50.6 Å². The van der Waals surface area contributed by atoms with Crippen LogP contribution in [0.3, 0.4) is 0 Å². The van der Waals surface area contributed by atoms with Gasteiger partial charge in [0.25, 0.3) is 5.92 Å². The highest BCUT2D eigenvalue weighted by Gasteiger charge is 2.56. The summed E-state index contributed by atoms with van der Waals surface area (Å²) in [4.78, 5) is 0. The lowest BCUT2D eigenvalue weighted by atomic mass is 9.98. The molecule has 2 fully saturated rings. The Bertz CT molecular complexity index is 193. The molecule has 13 heavy (non-hydrogen) atoms. The van der Waals surface area contributed by atoms with E-state index in [4.69, 9.17) is 0 Å². The van der Waals surface area contributed by atoms with Crippen molar-refractivity contribution in [2.24, 2.45) is 11.8 Å². The van der Waals surface area contributed by atoms with E-state index in [1.807, 2.05) is 0 Å². The van der Waals surface area contributed by atoms with Crippen LogP contribution in [0.5, 0.6) is 0 Å². The van der Waals surface area contributed by atoms with Crippen LogP contribution < -0.4 is 0 Å². The van der Waals surface area contributed by atoms with Crippen molar-refractivity contribution in [3.05, 3.63) is 0 Å². The lowest BCUT2D eigenvalue weighted by Gasteiger charge is -2.13. The predicted molar refractivity (Wildman–Crippen MR) is 45.6 cm³/mol. The molecule has 3 heteroatoms. The molecule has 76 valence electrons. The van der Waals surface area contributed by atoms with Gasteiger partial charge in [-0.3, -0.25) is 0 Å². The summed E-state index contributed by atoms with van der Waals surface area (Å²) in [6, 6.07) is 0. The Morgan fingerprint density at radius 3 is 2.38 bits per heavy atom. The molecule has 2 rings (SSSR count). The zero-order chi connectivity index (χ0) is 9.47. The quantitative estimate of drug-likeness (QED) is 0.725. The lowest BCUT2D eigenvalue weighted by molar-refractivity contribution is 0.0888. The van der Waals surface area contributed by atoms with Gasteiger partial charge in [-0.1, -0.05) is 6.42 Å². The van der Waals surface area contributed by atoms with E-state index in [2.05, 4.69) is 0 Å². The summed E-state index contributed by atoms with van der Waals surface area (Å²) in [5.41, 5.74) is 0. The van der Waals surface area contributed by atoms with Gasteiger partial charge in [0.2, 0.25) is 0 Å². The second-order valence-corrected chi connectivity index (χ2v) is 4.50. The van der Waals surface area contributed by atoms with Crippen LogP contribution in [0.1, 0.15) is 38.5 Å². The Morgan fingerprint density at radius 1 is 1.23 bits per heavy atom. The molecule has 1 unspecified atom stereocenters. The van der Waals surface area contributed by atoms with E-state index in [1.54, 1.807) is 0 Å². The van der Waals surface area contributed by atoms with Crippen molar-refractivity contribution in [3.63, 3.8) is 0 Å². The Balaban J connectivity index is 1.68. The van der Waals surface area contributed by atoms with Gasteiger partial charge in [-0.25, -0.2) is 8.78 Å². The molecule has 0 aliphatic heterocycles. The van der Waals surface area contributed by atoms with E-state index in [0.717, 1.165) is 25.7 Å². The number of halogens is 2. The first-order valence-electron chi connectivity index (χ1n) is 5.15. The second kappa shape index (κ2) is 3.19. The molecule has 0 radical (unpaired) electrons. The average molecular weight is 190 g/mol. The zero-order valence-corrected chi connectivity index (χ0v) is 7.68. The van der Waals surface area contributed by atoms with E-state index in [-0.39, 0.29) is 18.4 Å². The third-order valence-corrected chi connectivity index (χ3v) is 3.46. The maximum Gasteiger partial charge on any atom is 0.251 e. The number of aliphatic hydroxyl groups is 1. The Hall–Kier alpha value is -0.180. The molecule has 0 aromatic heterocycles. The second-order valence-electron chi connectivity index (χ2n) is 4.50. The van der Waals surface area contributed by atoms with Crippen molar-refractivity contribution >= 4 is 0 Å². The molecule has 0 bridgehead atoms. The molecule has 0 aromatic rings. The number of aliphatic hydroxyl groups excluding tert-OH is 1. The van der Waals surface area contributed by atoms with Crippen molar-refractivity contribution in [3.8, 4) is 0 Å². The number of hydrogen-bond acceptors (Lipinski definition) is 1. The first-order valence-corrected chi connectivity index (χ1v) is 5.15. The largest absolute Gasteiger partial charge is 0.393 e. The van der Waals surface area contributed by atoms with Crippen LogP contribution in [0, 0.1) is 11.8 Å². The maximum absolute atomic E-state index is 12.5. The molecule has 0 spiro atoms. The fraction of sp³-hybridized carbons (Fsp3) is 1.00. The van der Waals surface area contributed by atoms with E-state index in [0.29, 0.717) is 12.3 Å². The SMILES string of the molecule is O[C@@H]1CCC[C@H]1CCC1CC1(F)F. The summed E-state index contributed by atoms with van der Waals surface area (Å²) in [7, 11) is 0. The topological polar surface area (TPSA) is 20.2 Å². The monoisotopic (exact) mass is 190 g/mol.